The van der Waals surface area contributed by atoms with Crippen LogP contribution in [0.1, 0.15) is 50.6 Å². The number of piperidine rings is 1. The predicted molar refractivity (Wildman–Crippen MR) is 74.1 cm³/mol. The van der Waals surface area contributed by atoms with Gasteiger partial charge in [0.05, 0.1) is 5.69 Å². The summed E-state index contributed by atoms with van der Waals surface area (Å²) in [7, 11) is 0. The summed E-state index contributed by atoms with van der Waals surface area (Å²) in [4.78, 5) is 7.12. The highest BCUT2D eigenvalue weighted by Gasteiger charge is 2.36. The fourth-order valence-corrected chi connectivity index (χ4v) is 3.74. The third kappa shape index (κ3) is 2.38. The van der Waals surface area contributed by atoms with Gasteiger partial charge in [-0.05, 0) is 44.4 Å². The highest BCUT2D eigenvalue weighted by Crippen LogP contribution is 2.38. The molecule has 4 heteroatoms. The van der Waals surface area contributed by atoms with Crippen LogP contribution in [0.4, 0.5) is 6.01 Å². The van der Waals surface area contributed by atoms with Crippen molar-refractivity contribution in [1.29, 1.82) is 0 Å². The number of nitrogens with zero attached hydrogens (tertiary/aromatic N) is 2. The number of fused-ring (bicyclic) bond motifs is 1. The first-order chi connectivity index (χ1) is 9.40. The molecule has 3 aliphatic rings. The van der Waals surface area contributed by atoms with E-state index in [2.05, 4.69) is 10.2 Å². The Balaban J connectivity index is 1.45. The van der Waals surface area contributed by atoms with Gasteiger partial charge in [-0.2, -0.15) is 4.98 Å². The molecule has 0 bridgehead atoms. The lowest BCUT2D eigenvalue weighted by molar-refractivity contribution is 0.342. The SMILES string of the molecule is c1oc(N2CCCC3CCCC32)nc1CNC1CC1. The standard InChI is InChI=1S/C15H23N3O/c1-3-11-4-2-8-18(14(11)5-1)15-17-13(10-19-15)9-16-12-6-7-12/h10-12,14,16H,1-9H2. The molecule has 1 aromatic rings. The molecule has 0 radical (unpaired) electrons. The quantitative estimate of drug-likeness (QED) is 0.904. The summed E-state index contributed by atoms with van der Waals surface area (Å²) in [6.45, 7) is 1.98. The Morgan fingerprint density at radius 3 is 3.00 bits per heavy atom. The Bertz CT molecular complexity index is 440. The first kappa shape index (κ1) is 11.8. The molecular weight excluding hydrogens is 238 g/mol. The lowest BCUT2D eigenvalue weighted by Gasteiger charge is -2.36. The molecule has 19 heavy (non-hydrogen) atoms. The molecular formula is C15H23N3O. The molecule has 0 spiro atoms. The smallest absolute Gasteiger partial charge is 0.297 e. The molecule has 3 fully saturated rings. The monoisotopic (exact) mass is 261 g/mol. The highest BCUT2D eigenvalue weighted by molar-refractivity contribution is 5.31. The number of hydrogen-bond donors (Lipinski definition) is 1. The van der Waals surface area contributed by atoms with Crippen LogP contribution in [0.2, 0.25) is 0 Å². The minimum atomic E-state index is 0.691. The Labute approximate surface area is 114 Å². The van der Waals surface area contributed by atoms with Gasteiger partial charge >= 0.3 is 0 Å². The van der Waals surface area contributed by atoms with E-state index in [0.29, 0.717) is 6.04 Å². The summed E-state index contributed by atoms with van der Waals surface area (Å²) in [5.41, 5.74) is 1.06. The van der Waals surface area contributed by atoms with E-state index in [1.165, 1.54) is 44.9 Å². The van der Waals surface area contributed by atoms with E-state index in [9.17, 15) is 0 Å². The second kappa shape index (κ2) is 4.82. The Morgan fingerprint density at radius 1 is 1.21 bits per heavy atom. The number of nitrogens with one attached hydrogen (secondary N) is 1. The van der Waals surface area contributed by atoms with Crippen LogP contribution in [0.3, 0.4) is 0 Å². The molecule has 4 nitrogen and oxygen atoms in total. The van der Waals surface area contributed by atoms with Crippen molar-refractivity contribution in [2.24, 2.45) is 5.92 Å². The third-order valence-electron chi connectivity index (χ3n) is 4.93. The van der Waals surface area contributed by atoms with Gasteiger partial charge in [-0.15, -0.1) is 0 Å². The minimum absolute atomic E-state index is 0.691. The Kier molecular flexibility index (Phi) is 2.98. The van der Waals surface area contributed by atoms with Crippen LogP contribution in [-0.4, -0.2) is 23.6 Å². The summed E-state index contributed by atoms with van der Waals surface area (Å²) < 4.78 is 5.74. The molecule has 104 valence electrons. The van der Waals surface area contributed by atoms with E-state index in [0.717, 1.165) is 36.8 Å². The van der Waals surface area contributed by atoms with Crippen molar-refractivity contribution in [2.45, 2.75) is 63.6 Å². The van der Waals surface area contributed by atoms with Crippen molar-refractivity contribution < 1.29 is 4.42 Å². The number of anilines is 1. The van der Waals surface area contributed by atoms with E-state index in [1.54, 1.807) is 0 Å². The summed E-state index contributed by atoms with van der Waals surface area (Å²) in [6, 6.07) is 2.29. The van der Waals surface area contributed by atoms with Gasteiger partial charge in [0.2, 0.25) is 0 Å². The second-order valence-corrected chi connectivity index (χ2v) is 6.37. The van der Waals surface area contributed by atoms with Crippen molar-refractivity contribution in [2.75, 3.05) is 11.4 Å². The van der Waals surface area contributed by atoms with E-state index in [1.807, 2.05) is 6.26 Å². The predicted octanol–water partition coefficient (Wildman–Crippen LogP) is 2.70. The first-order valence-corrected chi connectivity index (χ1v) is 7.84. The van der Waals surface area contributed by atoms with Crippen molar-refractivity contribution in [1.82, 2.24) is 10.3 Å². The summed E-state index contributed by atoms with van der Waals surface area (Å²) in [5, 5.41) is 3.49. The maximum atomic E-state index is 5.74. The van der Waals surface area contributed by atoms with E-state index in [-0.39, 0.29) is 0 Å². The van der Waals surface area contributed by atoms with E-state index in [4.69, 9.17) is 9.40 Å². The van der Waals surface area contributed by atoms with Gasteiger partial charge < -0.3 is 14.6 Å². The van der Waals surface area contributed by atoms with Crippen molar-refractivity contribution in [3.05, 3.63) is 12.0 Å². The molecule has 1 saturated heterocycles. The van der Waals surface area contributed by atoms with Crippen LogP contribution >= 0.6 is 0 Å². The number of oxazole rings is 1. The van der Waals surface area contributed by atoms with Gasteiger partial charge in [0, 0.05) is 25.2 Å². The van der Waals surface area contributed by atoms with Crippen LogP contribution in [0.25, 0.3) is 0 Å². The molecule has 0 aromatic carbocycles. The van der Waals surface area contributed by atoms with Gasteiger partial charge in [0.25, 0.3) is 6.01 Å². The van der Waals surface area contributed by atoms with Crippen molar-refractivity contribution >= 4 is 6.01 Å². The second-order valence-electron chi connectivity index (χ2n) is 6.37. The summed E-state index contributed by atoms with van der Waals surface area (Å²) >= 11 is 0. The van der Waals surface area contributed by atoms with Gasteiger partial charge in [0.15, 0.2) is 0 Å². The summed E-state index contributed by atoms with van der Waals surface area (Å²) in [5.74, 6) is 0.883. The average molecular weight is 261 g/mol. The molecule has 2 unspecified atom stereocenters. The van der Waals surface area contributed by atoms with Crippen molar-refractivity contribution in [3.8, 4) is 0 Å². The Hall–Kier alpha value is -1.03. The lowest BCUT2D eigenvalue weighted by atomic mass is 9.92. The van der Waals surface area contributed by atoms with Crippen LogP contribution in [-0.2, 0) is 6.54 Å². The lowest BCUT2D eigenvalue weighted by Crippen LogP contribution is -2.42. The first-order valence-electron chi connectivity index (χ1n) is 7.84. The molecule has 2 saturated carbocycles. The third-order valence-corrected chi connectivity index (χ3v) is 4.93. The van der Waals surface area contributed by atoms with E-state index < -0.39 is 0 Å². The highest BCUT2D eigenvalue weighted by atomic mass is 16.4. The summed E-state index contributed by atoms with van der Waals surface area (Å²) in [6.07, 6.45) is 11.3. The molecule has 1 aromatic heterocycles. The fraction of sp³-hybridized carbons (Fsp3) is 0.800. The van der Waals surface area contributed by atoms with E-state index >= 15 is 0 Å². The maximum absolute atomic E-state index is 5.74. The van der Waals surface area contributed by atoms with Gasteiger partial charge in [-0.25, -0.2) is 0 Å². The zero-order valence-corrected chi connectivity index (χ0v) is 11.5. The fourth-order valence-electron chi connectivity index (χ4n) is 3.74. The van der Waals surface area contributed by atoms with Crippen LogP contribution in [0, 0.1) is 5.92 Å². The maximum Gasteiger partial charge on any atom is 0.297 e. The average Bonchev–Trinajstić information content (AvgIpc) is 2.96. The van der Waals surface area contributed by atoms with Crippen LogP contribution in [0.5, 0.6) is 0 Å². The number of rotatable bonds is 4. The van der Waals surface area contributed by atoms with Gasteiger partial charge in [0.1, 0.15) is 6.26 Å². The van der Waals surface area contributed by atoms with Crippen LogP contribution < -0.4 is 10.2 Å². The number of hydrogen-bond acceptors (Lipinski definition) is 4. The zero-order valence-electron chi connectivity index (χ0n) is 11.5. The van der Waals surface area contributed by atoms with Gasteiger partial charge in [-0.3, -0.25) is 0 Å². The minimum Gasteiger partial charge on any atom is -0.432 e. The van der Waals surface area contributed by atoms with Gasteiger partial charge in [-0.1, -0.05) is 6.42 Å². The molecule has 0 amide bonds. The van der Waals surface area contributed by atoms with Crippen LogP contribution in [0.15, 0.2) is 10.7 Å². The largest absolute Gasteiger partial charge is 0.432 e. The molecule has 2 atom stereocenters. The van der Waals surface area contributed by atoms with Crippen molar-refractivity contribution in [3.63, 3.8) is 0 Å². The molecule has 2 aliphatic carbocycles. The molecule has 1 aliphatic heterocycles. The normalized spacial score (nSPS) is 30.6. The molecule has 2 heterocycles. The topological polar surface area (TPSA) is 41.3 Å². The molecule has 1 N–H and O–H groups in total. The molecule has 4 rings (SSSR count). The zero-order chi connectivity index (χ0) is 12.7. The number of aromatic nitrogens is 1. The Morgan fingerprint density at radius 2 is 2.11 bits per heavy atom.